The van der Waals surface area contributed by atoms with E-state index < -0.39 is 0 Å². The van der Waals surface area contributed by atoms with Crippen molar-refractivity contribution < 1.29 is 4.74 Å². The molecule has 4 rings (SSSR count). The van der Waals surface area contributed by atoms with E-state index in [0.29, 0.717) is 6.10 Å². The fraction of sp³-hybridized carbons (Fsp3) is 0.864. The molecule has 1 aliphatic carbocycles. The number of piperidine rings is 1. The number of hydrogen-bond acceptors (Lipinski definition) is 4. The van der Waals surface area contributed by atoms with Gasteiger partial charge in [0.15, 0.2) is 0 Å². The van der Waals surface area contributed by atoms with Crippen LogP contribution in [0.5, 0.6) is 0 Å². The number of likely N-dealkylation sites (tertiary alicyclic amines) is 1. The summed E-state index contributed by atoms with van der Waals surface area (Å²) in [5.74, 6) is 0.869. The van der Waals surface area contributed by atoms with Gasteiger partial charge in [0.05, 0.1) is 6.10 Å². The Labute approximate surface area is 165 Å². The van der Waals surface area contributed by atoms with Crippen molar-refractivity contribution >= 4 is 0 Å². The third-order valence-corrected chi connectivity index (χ3v) is 6.91. The highest BCUT2D eigenvalue weighted by Crippen LogP contribution is 2.28. The van der Waals surface area contributed by atoms with Gasteiger partial charge >= 0.3 is 0 Å². The summed E-state index contributed by atoms with van der Waals surface area (Å²) in [5.41, 5.74) is 0. The van der Waals surface area contributed by atoms with Crippen LogP contribution in [-0.4, -0.2) is 71.1 Å². The molecule has 0 bridgehead atoms. The molecule has 2 aliphatic heterocycles. The Bertz CT molecular complexity index is 514. The van der Waals surface area contributed by atoms with E-state index in [-0.39, 0.29) is 0 Å². The summed E-state index contributed by atoms with van der Waals surface area (Å²) in [5, 5.41) is 4.35. The predicted octanol–water partition coefficient (Wildman–Crippen LogP) is 3.41. The van der Waals surface area contributed by atoms with Crippen molar-refractivity contribution in [2.75, 3.05) is 39.3 Å². The summed E-state index contributed by atoms with van der Waals surface area (Å²) in [7, 11) is 0. The number of ether oxygens (including phenoxy) is 1. The zero-order valence-corrected chi connectivity index (χ0v) is 17.0. The number of aryl methyl sites for hydroxylation is 1. The Morgan fingerprint density at radius 1 is 1.00 bits per heavy atom. The van der Waals surface area contributed by atoms with Crippen LogP contribution in [-0.2, 0) is 11.3 Å². The minimum absolute atomic E-state index is 0.466. The highest BCUT2D eigenvalue weighted by molar-refractivity contribution is 4.84. The zero-order chi connectivity index (χ0) is 18.3. The van der Waals surface area contributed by atoms with E-state index >= 15 is 0 Å². The van der Waals surface area contributed by atoms with E-state index in [9.17, 15) is 0 Å². The summed E-state index contributed by atoms with van der Waals surface area (Å²) >= 11 is 0. The van der Waals surface area contributed by atoms with Crippen LogP contribution in [0.4, 0.5) is 0 Å². The molecule has 1 saturated carbocycles. The first-order chi connectivity index (χ1) is 13.4. The Morgan fingerprint density at radius 3 is 2.56 bits per heavy atom. The molecule has 27 heavy (non-hydrogen) atoms. The number of nitrogens with zero attached hydrogens (tertiary/aromatic N) is 4. The molecule has 3 aliphatic rings. The molecule has 1 aromatic heterocycles. The molecule has 0 unspecified atom stereocenters. The lowest BCUT2D eigenvalue weighted by atomic mass is 9.94. The first kappa shape index (κ1) is 19.4. The normalized spacial score (nSPS) is 25.7. The minimum Gasteiger partial charge on any atom is -0.377 e. The van der Waals surface area contributed by atoms with Crippen LogP contribution < -0.4 is 0 Å². The monoisotopic (exact) mass is 374 g/mol. The standard InChI is InChI=1S/C22H38N4O/c1-2-7-21(6-1)25-15-9-20(10-16-25)18-24(19-22-8-3-17-27-22)12-5-14-26-13-4-11-23-26/h4,11,13,20-22H,1-3,5-10,12,14-19H2/t22-/m1/s1. The summed E-state index contributed by atoms with van der Waals surface area (Å²) in [4.78, 5) is 5.50. The zero-order valence-electron chi connectivity index (χ0n) is 17.0. The van der Waals surface area contributed by atoms with Crippen molar-refractivity contribution in [1.82, 2.24) is 19.6 Å². The largest absolute Gasteiger partial charge is 0.377 e. The SMILES string of the molecule is c1cnn(CCCN(CC2CCN(C3CCCC3)CC2)C[C@H]2CCCO2)c1. The topological polar surface area (TPSA) is 33.5 Å². The molecule has 3 heterocycles. The predicted molar refractivity (Wildman–Crippen MR) is 109 cm³/mol. The van der Waals surface area contributed by atoms with Gasteiger partial charge < -0.3 is 14.5 Å². The smallest absolute Gasteiger partial charge is 0.0702 e. The number of rotatable bonds is 9. The number of aromatic nitrogens is 2. The molecule has 1 atom stereocenters. The third-order valence-electron chi connectivity index (χ3n) is 6.91. The molecule has 0 radical (unpaired) electrons. The summed E-state index contributed by atoms with van der Waals surface area (Å²) in [6.07, 6.45) is 16.7. The Kier molecular flexibility index (Phi) is 7.21. The second-order valence-electron chi connectivity index (χ2n) is 8.93. The highest BCUT2D eigenvalue weighted by atomic mass is 16.5. The van der Waals surface area contributed by atoms with Gasteiger partial charge in [-0.1, -0.05) is 12.8 Å². The second kappa shape index (κ2) is 10.0. The molecule has 3 fully saturated rings. The van der Waals surface area contributed by atoms with E-state index in [1.54, 1.807) is 0 Å². The van der Waals surface area contributed by atoms with Crippen molar-refractivity contribution in [2.24, 2.45) is 5.92 Å². The fourth-order valence-corrected chi connectivity index (χ4v) is 5.36. The number of hydrogen-bond donors (Lipinski definition) is 0. The highest BCUT2D eigenvalue weighted by Gasteiger charge is 2.28. The quantitative estimate of drug-likeness (QED) is 0.663. The molecule has 0 spiro atoms. The van der Waals surface area contributed by atoms with Gasteiger partial charge in [-0.2, -0.15) is 5.10 Å². The van der Waals surface area contributed by atoms with E-state index in [1.165, 1.54) is 84.0 Å². The lowest BCUT2D eigenvalue weighted by Crippen LogP contribution is -2.44. The molecular weight excluding hydrogens is 336 g/mol. The van der Waals surface area contributed by atoms with Gasteiger partial charge in [-0.25, -0.2) is 0 Å². The van der Waals surface area contributed by atoms with E-state index in [0.717, 1.165) is 31.7 Å². The maximum absolute atomic E-state index is 5.94. The van der Waals surface area contributed by atoms with Gasteiger partial charge in [0.1, 0.15) is 0 Å². The molecule has 2 saturated heterocycles. The maximum atomic E-state index is 5.94. The van der Waals surface area contributed by atoms with Crippen LogP contribution in [0, 0.1) is 5.92 Å². The summed E-state index contributed by atoms with van der Waals surface area (Å²) in [6.45, 7) is 8.20. The lowest BCUT2D eigenvalue weighted by molar-refractivity contribution is 0.0560. The van der Waals surface area contributed by atoms with Crippen molar-refractivity contribution in [2.45, 2.75) is 76.5 Å². The van der Waals surface area contributed by atoms with E-state index in [1.807, 2.05) is 12.3 Å². The van der Waals surface area contributed by atoms with E-state index in [4.69, 9.17) is 4.74 Å². The van der Waals surface area contributed by atoms with Crippen LogP contribution in [0.2, 0.25) is 0 Å². The molecule has 5 nitrogen and oxygen atoms in total. The second-order valence-corrected chi connectivity index (χ2v) is 8.93. The average molecular weight is 375 g/mol. The van der Waals surface area contributed by atoms with Gasteiger partial charge in [-0.15, -0.1) is 0 Å². The Hall–Kier alpha value is -0.910. The van der Waals surface area contributed by atoms with E-state index in [2.05, 4.69) is 25.8 Å². The summed E-state index contributed by atoms with van der Waals surface area (Å²) in [6, 6.07) is 2.92. The molecule has 1 aromatic rings. The van der Waals surface area contributed by atoms with Crippen molar-refractivity contribution in [3.05, 3.63) is 18.5 Å². The van der Waals surface area contributed by atoms with Crippen molar-refractivity contribution in [3.63, 3.8) is 0 Å². The van der Waals surface area contributed by atoms with Gasteiger partial charge in [-0.3, -0.25) is 4.68 Å². The van der Waals surface area contributed by atoms with Gasteiger partial charge in [0, 0.05) is 51.2 Å². The van der Waals surface area contributed by atoms with Crippen LogP contribution in [0.25, 0.3) is 0 Å². The average Bonchev–Trinajstić information content (AvgIpc) is 3.46. The molecule has 0 amide bonds. The minimum atomic E-state index is 0.466. The first-order valence-corrected chi connectivity index (χ1v) is 11.4. The third kappa shape index (κ3) is 5.78. The lowest BCUT2D eigenvalue weighted by Gasteiger charge is -2.38. The molecule has 152 valence electrons. The molecule has 0 N–H and O–H groups in total. The summed E-state index contributed by atoms with van der Waals surface area (Å²) < 4.78 is 8.00. The Morgan fingerprint density at radius 2 is 1.85 bits per heavy atom. The van der Waals surface area contributed by atoms with Crippen LogP contribution in [0.15, 0.2) is 18.5 Å². The van der Waals surface area contributed by atoms with Gasteiger partial charge in [-0.05, 0) is 70.0 Å². The van der Waals surface area contributed by atoms with Crippen LogP contribution in [0.3, 0.4) is 0 Å². The molecule has 0 aromatic carbocycles. The fourth-order valence-electron chi connectivity index (χ4n) is 5.36. The Balaban J connectivity index is 1.23. The van der Waals surface area contributed by atoms with Gasteiger partial charge in [0.25, 0.3) is 0 Å². The maximum Gasteiger partial charge on any atom is 0.0702 e. The first-order valence-electron chi connectivity index (χ1n) is 11.4. The van der Waals surface area contributed by atoms with Crippen molar-refractivity contribution in [1.29, 1.82) is 0 Å². The molecule has 5 heteroatoms. The molecular formula is C22H38N4O. The van der Waals surface area contributed by atoms with Crippen molar-refractivity contribution in [3.8, 4) is 0 Å². The van der Waals surface area contributed by atoms with Gasteiger partial charge in [0.2, 0.25) is 0 Å². The van der Waals surface area contributed by atoms with Crippen LogP contribution in [0.1, 0.15) is 57.8 Å². The van der Waals surface area contributed by atoms with Crippen LogP contribution >= 0.6 is 0 Å².